The minimum absolute atomic E-state index is 0.145. The van der Waals surface area contributed by atoms with Crippen LogP contribution in [0.5, 0.6) is 0 Å². The van der Waals surface area contributed by atoms with Gasteiger partial charge in [0, 0.05) is 10.3 Å². The number of hydrogen-bond acceptors (Lipinski definition) is 3. The van der Waals surface area contributed by atoms with E-state index >= 15 is 0 Å². The van der Waals surface area contributed by atoms with Gasteiger partial charge in [0.25, 0.3) is 0 Å². The van der Waals surface area contributed by atoms with Crippen LogP contribution in [0.1, 0.15) is 34.7 Å². The highest BCUT2D eigenvalue weighted by Crippen LogP contribution is 2.33. The lowest BCUT2D eigenvalue weighted by Gasteiger charge is -2.15. The van der Waals surface area contributed by atoms with Gasteiger partial charge in [0.2, 0.25) is 0 Å². The quantitative estimate of drug-likeness (QED) is 0.744. The van der Waals surface area contributed by atoms with Gasteiger partial charge < -0.3 is 9.73 Å². The molecular formula is C17H19NOS. The molecule has 0 aliphatic rings. The molecule has 3 heteroatoms. The Balaban J connectivity index is 2.10. The Kier molecular flexibility index (Phi) is 3.64. The van der Waals surface area contributed by atoms with Crippen LogP contribution in [0.25, 0.3) is 11.0 Å². The summed E-state index contributed by atoms with van der Waals surface area (Å²) in [6.07, 6.45) is 0. The number of furan rings is 1. The second kappa shape index (κ2) is 5.43. The fourth-order valence-electron chi connectivity index (χ4n) is 2.58. The maximum atomic E-state index is 6.14. The number of hydrogen-bond donors (Lipinski definition) is 1. The van der Waals surface area contributed by atoms with E-state index in [1.54, 1.807) is 11.3 Å². The van der Waals surface area contributed by atoms with Crippen LogP contribution in [-0.2, 0) is 0 Å². The van der Waals surface area contributed by atoms with Gasteiger partial charge in [-0.3, -0.25) is 0 Å². The molecule has 1 aromatic carbocycles. The van der Waals surface area contributed by atoms with Gasteiger partial charge in [0.15, 0.2) is 0 Å². The van der Waals surface area contributed by atoms with E-state index in [4.69, 9.17) is 4.42 Å². The van der Waals surface area contributed by atoms with Gasteiger partial charge in [-0.05, 0) is 49.0 Å². The van der Waals surface area contributed by atoms with Crippen LogP contribution in [0.3, 0.4) is 0 Å². The van der Waals surface area contributed by atoms with Crippen LogP contribution >= 0.6 is 11.3 Å². The average molecular weight is 285 g/mol. The predicted molar refractivity (Wildman–Crippen MR) is 85.5 cm³/mol. The summed E-state index contributed by atoms with van der Waals surface area (Å²) >= 11 is 1.78. The SMILES string of the molecule is CCNC(c1cc2cccc(C)c2o1)c1sccc1C. The highest BCUT2D eigenvalue weighted by molar-refractivity contribution is 7.10. The zero-order chi connectivity index (χ0) is 14.1. The van der Waals surface area contributed by atoms with Crippen molar-refractivity contribution < 1.29 is 4.42 Å². The number of aryl methyl sites for hydroxylation is 2. The Morgan fingerprint density at radius 2 is 2.05 bits per heavy atom. The van der Waals surface area contributed by atoms with Crippen LogP contribution < -0.4 is 5.32 Å². The maximum Gasteiger partial charge on any atom is 0.137 e. The first-order chi connectivity index (χ1) is 9.70. The van der Waals surface area contributed by atoms with E-state index in [-0.39, 0.29) is 6.04 Å². The standard InChI is InChI=1S/C17H19NOS/c1-4-18-15(17-12(3)8-9-20-17)14-10-13-7-5-6-11(2)16(13)19-14/h5-10,15,18H,4H2,1-3H3. The summed E-state index contributed by atoms with van der Waals surface area (Å²) in [6.45, 7) is 7.29. The first kappa shape index (κ1) is 13.4. The molecule has 0 aliphatic carbocycles. The summed E-state index contributed by atoms with van der Waals surface area (Å²) in [5, 5.41) is 6.86. The van der Waals surface area contributed by atoms with Gasteiger partial charge in [-0.2, -0.15) is 0 Å². The third-order valence-electron chi connectivity index (χ3n) is 3.62. The largest absolute Gasteiger partial charge is 0.459 e. The zero-order valence-corrected chi connectivity index (χ0v) is 12.9. The molecule has 1 atom stereocenters. The first-order valence-electron chi connectivity index (χ1n) is 6.97. The highest BCUT2D eigenvalue weighted by Gasteiger charge is 2.20. The number of rotatable bonds is 4. The van der Waals surface area contributed by atoms with E-state index < -0.39 is 0 Å². The monoisotopic (exact) mass is 285 g/mol. The molecule has 0 bridgehead atoms. The summed E-state index contributed by atoms with van der Waals surface area (Å²) in [4.78, 5) is 1.34. The van der Waals surface area contributed by atoms with E-state index in [1.807, 2.05) is 0 Å². The Labute approximate surface area is 123 Å². The molecular weight excluding hydrogens is 266 g/mol. The van der Waals surface area contributed by atoms with Crippen molar-refractivity contribution >= 4 is 22.3 Å². The molecule has 1 N–H and O–H groups in total. The van der Waals surface area contributed by atoms with Gasteiger partial charge in [0.05, 0.1) is 0 Å². The minimum Gasteiger partial charge on any atom is -0.459 e. The van der Waals surface area contributed by atoms with Crippen molar-refractivity contribution in [2.24, 2.45) is 0 Å². The Hall–Kier alpha value is -1.58. The Bertz CT molecular complexity index is 726. The molecule has 3 rings (SSSR count). The molecule has 0 saturated heterocycles. The topological polar surface area (TPSA) is 25.2 Å². The lowest BCUT2D eigenvalue weighted by Crippen LogP contribution is -2.21. The highest BCUT2D eigenvalue weighted by atomic mass is 32.1. The summed E-state index contributed by atoms with van der Waals surface area (Å²) in [5.41, 5.74) is 3.50. The maximum absolute atomic E-state index is 6.14. The lowest BCUT2D eigenvalue weighted by molar-refractivity contribution is 0.479. The van der Waals surface area contributed by atoms with Crippen molar-refractivity contribution in [3.8, 4) is 0 Å². The van der Waals surface area contributed by atoms with Crippen molar-refractivity contribution in [2.75, 3.05) is 6.54 Å². The second-order valence-corrected chi connectivity index (χ2v) is 6.05. The molecule has 0 saturated carbocycles. The summed E-state index contributed by atoms with van der Waals surface area (Å²) in [5.74, 6) is 1.00. The molecule has 1 unspecified atom stereocenters. The van der Waals surface area contributed by atoms with E-state index in [2.05, 4.69) is 61.8 Å². The van der Waals surface area contributed by atoms with Gasteiger partial charge in [-0.25, -0.2) is 0 Å². The smallest absolute Gasteiger partial charge is 0.137 e. The van der Waals surface area contributed by atoms with E-state index in [9.17, 15) is 0 Å². The molecule has 0 amide bonds. The van der Waals surface area contributed by atoms with Crippen molar-refractivity contribution in [1.82, 2.24) is 5.32 Å². The number of thiophene rings is 1. The number of benzene rings is 1. The van der Waals surface area contributed by atoms with Crippen molar-refractivity contribution in [3.05, 3.63) is 57.5 Å². The molecule has 0 radical (unpaired) electrons. The average Bonchev–Trinajstić information content (AvgIpc) is 3.03. The predicted octanol–water partition coefficient (Wildman–Crippen LogP) is 4.81. The van der Waals surface area contributed by atoms with Gasteiger partial charge in [0.1, 0.15) is 17.4 Å². The fraction of sp³-hybridized carbons (Fsp3) is 0.294. The number of fused-ring (bicyclic) bond motifs is 1. The van der Waals surface area contributed by atoms with Crippen molar-refractivity contribution in [1.29, 1.82) is 0 Å². The molecule has 0 aliphatic heterocycles. The third kappa shape index (κ3) is 2.28. The first-order valence-corrected chi connectivity index (χ1v) is 7.85. The van der Waals surface area contributed by atoms with Gasteiger partial charge >= 0.3 is 0 Å². The van der Waals surface area contributed by atoms with Crippen LogP contribution in [0.15, 0.2) is 40.1 Å². The number of nitrogens with one attached hydrogen (secondary N) is 1. The molecule has 2 nitrogen and oxygen atoms in total. The fourth-order valence-corrected chi connectivity index (χ4v) is 3.59. The van der Waals surface area contributed by atoms with Gasteiger partial charge in [-0.1, -0.05) is 25.1 Å². The van der Waals surface area contributed by atoms with Crippen LogP contribution in [0, 0.1) is 13.8 Å². The summed E-state index contributed by atoms with van der Waals surface area (Å²) in [7, 11) is 0. The summed E-state index contributed by atoms with van der Waals surface area (Å²) in [6, 6.07) is 10.8. The van der Waals surface area contributed by atoms with E-state index in [1.165, 1.54) is 21.4 Å². The molecule has 104 valence electrons. The molecule has 0 spiro atoms. The Morgan fingerprint density at radius 3 is 2.70 bits per heavy atom. The summed E-state index contributed by atoms with van der Waals surface area (Å²) < 4.78 is 6.14. The second-order valence-electron chi connectivity index (χ2n) is 5.10. The molecule has 3 aromatic rings. The van der Waals surface area contributed by atoms with E-state index in [0.29, 0.717) is 0 Å². The lowest BCUT2D eigenvalue weighted by atomic mass is 10.1. The van der Waals surface area contributed by atoms with Crippen LogP contribution in [-0.4, -0.2) is 6.54 Å². The molecule has 0 fully saturated rings. The van der Waals surface area contributed by atoms with Crippen molar-refractivity contribution in [2.45, 2.75) is 26.8 Å². The molecule has 2 heterocycles. The van der Waals surface area contributed by atoms with Crippen LogP contribution in [0.2, 0.25) is 0 Å². The van der Waals surface area contributed by atoms with E-state index in [0.717, 1.165) is 17.9 Å². The molecule has 2 aromatic heterocycles. The van der Waals surface area contributed by atoms with Gasteiger partial charge in [-0.15, -0.1) is 11.3 Å². The molecule has 20 heavy (non-hydrogen) atoms. The Morgan fingerprint density at radius 1 is 1.20 bits per heavy atom. The zero-order valence-electron chi connectivity index (χ0n) is 12.1. The third-order valence-corrected chi connectivity index (χ3v) is 4.70. The normalized spacial score (nSPS) is 12.9. The van der Waals surface area contributed by atoms with Crippen molar-refractivity contribution in [3.63, 3.8) is 0 Å². The van der Waals surface area contributed by atoms with Crippen LogP contribution in [0.4, 0.5) is 0 Å². The minimum atomic E-state index is 0.145. The number of para-hydroxylation sites is 1.